The standard InChI is InChI=1S/C15H20N4O2/c1-9-7-10(13-11(16)8-17-19-13)5-6-12(9)18-14(20)21-15(2,3)4/h5-8H,16H2,1-4H3,(H,17,19)(H,18,20). The highest BCUT2D eigenvalue weighted by Crippen LogP contribution is 2.27. The van der Waals surface area contributed by atoms with E-state index in [0.717, 1.165) is 16.8 Å². The first kappa shape index (κ1) is 14.9. The van der Waals surface area contributed by atoms with E-state index in [1.54, 1.807) is 6.20 Å². The van der Waals surface area contributed by atoms with Gasteiger partial charge in [0.2, 0.25) is 0 Å². The normalized spacial score (nSPS) is 11.2. The second kappa shape index (κ2) is 5.47. The summed E-state index contributed by atoms with van der Waals surface area (Å²) in [6.07, 6.45) is 1.09. The summed E-state index contributed by atoms with van der Waals surface area (Å²) < 4.78 is 5.23. The van der Waals surface area contributed by atoms with E-state index in [1.807, 2.05) is 45.9 Å². The Morgan fingerprint density at radius 2 is 2.10 bits per heavy atom. The van der Waals surface area contributed by atoms with Crippen molar-refractivity contribution in [3.8, 4) is 11.3 Å². The van der Waals surface area contributed by atoms with Crippen molar-refractivity contribution < 1.29 is 9.53 Å². The molecule has 1 heterocycles. The minimum absolute atomic E-state index is 0.473. The zero-order valence-electron chi connectivity index (χ0n) is 12.7. The fourth-order valence-corrected chi connectivity index (χ4v) is 1.90. The van der Waals surface area contributed by atoms with Crippen LogP contribution in [-0.4, -0.2) is 21.9 Å². The van der Waals surface area contributed by atoms with Crippen molar-refractivity contribution in [2.75, 3.05) is 11.1 Å². The Morgan fingerprint density at radius 1 is 1.38 bits per heavy atom. The van der Waals surface area contributed by atoms with Crippen LogP contribution in [0.3, 0.4) is 0 Å². The molecule has 1 aromatic heterocycles. The van der Waals surface area contributed by atoms with Gasteiger partial charge < -0.3 is 10.5 Å². The highest BCUT2D eigenvalue weighted by atomic mass is 16.6. The molecule has 112 valence electrons. The lowest BCUT2D eigenvalue weighted by Crippen LogP contribution is -2.27. The van der Waals surface area contributed by atoms with E-state index in [4.69, 9.17) is 10.5 Å². The van der Waals surface area contributed by atoms with Gasteiger partial charge in [0, 0.05) is 11.3 Å². The largest absolute Gasteiger partial charge is 0.444 e. The highest BCUT2D eigenvalue weighted by molar-refractivity contribution is 5.87. The minimum atomic E-state index is -0.525. The summed E-state index contributed by atoms with van der Waals surface area (Å²) in [4.78, 5) is 11.8. The van der Waals surface area contributed by atoms with Crippen molar-refractivity contribution in [2.24, 2.45) is 0 Å². The number of carbonyl (C=O) groups excluding carboxylic acids is 1. The number of aromatic nitrogens is 2. The fourth-order valence-electron chi connectivity index (χ4n) is 1.90. The molecule has 0 unspecified atom stereocenters. The first-order valence-corrected chi connectivity index (χ1v) is 6.66. The van der Waals surface area contributed by atoms with Crippen LogP contribution in [0.25, 0.3) is 11.3 Å². The minimum Gasteiger partial charge on any atom is -0.444 e. The number of hydrogen-bond donors (Lipinski definition) is 3. The molecule has 2 rings (SSSR count). The van der Waals surface area contributed by atoms with E-state index in [0.29, 0.717) is 11.4 Å². The molecule has 1 amide bonds. The maximum Gasteiger partial charge on any atom is 0.412 e. The number of carbonyl (C=O) groups is 1. The third-order valence-corrected chi connectivity index (χ3v) is 2.82. The van der Waals surface area contributed by atoms with Crippen molar-refractivity contribution in [1.82, 2.24) is 10.2 Å². The van der Waals surface area contributed by atoms with Gasteiger partial charge >= 0.3 is 6.09 Å². The molecule has 0 saturated heterocycles. The molecule has 1 aromatic carbocycles. The summed E-state index contributed by atoms with van der Waals surface area (Å²) in [5, 5.41) is 9.49. The molecule has 0 aliphatic rings. The average Bonchev–Trinajstić information content (AvgIpc) is 2.76. The molecule has 6 heteroatoms. The van der Waals surface area contributed by atoms with Crippen molar-refractivity contribution in [3.05, 3.63) is 30.0 Å². The van der Waals surface area contributed by atoms with Crippen LogP contribution in [0.5, 0.6) is 0 Å². The Balaban J connectivity index is 2.17. The third-order valence-electron chi connectivity index (χ3n) is 2.82. The van der Waals surface area contributed by atoms with Crippen LogP contribution < -0.4 is 11.1 Å². The topological polar surface area (TPSA) is 93.0 Å². The van der Waals surface area contributed by atoms with E-state index in [-0.39, 0.29) is 0 Å². The molecule has 0 saturated carbocycles. The molecule has 0 spiro atoms. The number of aromatic amines is 1. The first-order chi connectivity index (χ1) is 9.76. The van der Waals surface area contributed by atoms with Crippen molar-refractivity contribution in [3.63, 3.8) is 0 Å². The van der Waals surface area contributed by atoms with Gasteiger partial charge in [-0.1, -0.05) is 6.07 Å². The van der Waals surface area contributed by atoms with Gasteiger partial charge in [0.05, 0.1) is 17.6 Å². The van der Waals surface area contributed by atoms with Gasteiger partial charge in [-0.25, -0.2) is 4.79 Å². The van der Waals surface area contributed by atoms with E-state index < -0.39 is 11.7 Å². The lowest BCUT2D eigenvalue weighted by Gasteiger charge is -2.20. The molecular formula is C15H20N4O2. The highest BCUT2D eigenvalue weighted by Gasteiger charge is 2.17. The molecule has 21 heavy (non-hydrogen) atoms. The molecule has 0 bridgehead atoms. The fraction of sp³-hybridized carbons (Fsp3) is 0.333. The lowest BCUT2D eigenvalue weighted by atomic mass is 10.1. The number of nitrogens with zero attached hydrogens (tertiary/aromatic N) is 1. The van der Waals surface area contributed by atoms with E-state index in [9.17, 15) is 4.79 Å². The number of nitrogen functional groups attached to an aromatic ring is 1. The smallest absolute Gasteiger partial charge is 0.412 e. The summed E-state index contributed by atoms with van der Waals surface area (Å²) in [5.74, 6) is 0. The number of benzene rings is 1. The van der Waals surface area contributed by atoms with Crippen LogP contribution in [0, 0.1) is 6.92 Å². The number of rotatable bonds is 2. The van der Waals surface area contributed by atoms with Crippen molar-refractivity contribution >= 4 is 17.5 Å². The molecule has 0 fully saturated rings. The summed E-state index contributed by atoms with van der Waals surface area (Å²) in [6, 6.07) is 5.61. The molecule has 6 nitrogen and oxygen atoms in total. The zero-order valence-corrected chi connectivity index (χ0v) is 12.7. The number of nitrogens with two attached hydrogens (primary N) is 1. The Labute approximate surface area is 123 Å². The summed E-state index contributed by atoms with van der Waals surface area (Å²) in [5.41, 5.74) is 9.18. The molecule has 0 atom stereocenters. The lowest BCUT2D eigenvalue weighted by molar-refractivity contribution is 0.0636. The van der Waals surface area contributed by atoms with Crippen LogP contribution in [0.2, 0.25) is 0 Å². The maximum absolute atomic E-state index is 11.8. The predicted molar refractivity (Wildman–Crippen MR) is 83.0 cm³/mol. The monoisotopic (exact) mass is 288 g/mol. The van der Waals surface area contributed by atoms with Crippen LogP contribution in [0.4, 0.5) is 16.2 Å². The van der Waals surface area contributed by atoms with Crippen LogP contribution in [-0.2, 0) is 4.74 Å². The number of aryl methyl sites for hydroxylation is 1. The number of amides is 1. The number of ether oxygens (including phenoxy) is 1. The van der Waals surface area contributed by atoms with Gasteiger partial charge in [-0.15, -0.1) is 0 Å². The summed E-state index contributed by atoms with van der Waals surface area (Å²) in [6.45, 7) is 7.37. The van der Waals surface area contributed by atoms with Crippen LogP contribution >= 0.6 is 0 Å². The molecule has 0 radical (unpaired) electrons. The van der Waals surface area contributed by atoms with Crippen molar-refractivity contribution in [1.29, 1.82) is 0 Å². The van der Waals surface area contributed by atoms with Gasteiger partial charge in [-0.05, 0) is 45.4 Å². The molecular weight excluding hydrogens is 268 g/mol. The molecule has 4 N–H and O–H groups in total. The molecule has 2 aromatic rings. The number of H-pyrrole nitrogens is 1. The summed E-state index contributed by atoms with van der Waals surface area (Å²) in [7, 11) is 0. The second-order valence-electron chi connectivity index (χ2n) is 5.86. The SMILES string of the molecule is Cc1cc(-c2[nH]ncc2N)ccc1NC(=O)OC(C)(C)C. The Morgan fingerprint density at radius 3 is 2.62 bits per heavy atom. The van der Waals surface area contributed by atoms with Gasteiger partial charge in [0.25, 0.3) is 0 Å². The van der Waals surface area contributed by atoms with E-state index in [2.05, 4.69) is 15.5 Å². The predicted octanol–water partition coefficient (Wildman–Crippen LogP) is 3.31. The third kappa shape index (κ3) is 3.75. The number of hydrogen-bond acceptors (Lipinski definition) is 4. The average molecular weight is 288 g/mol. The van der Waals surface area contributed by atoms with Gasteiger partial charge in [0.1, 0.15) is 5.60 Å². The quantitative estimate of drug-likeness (QED) is 0.790. The van der Waals surface area contributed by atoms with E-state index >= 15 is 0 Å². The number of anilines is 2. The number of nitrogens with one attached hydrogen (secondary N) is 2. The van der Waals surface area contributed by atoms with Gasteiger partial charge in [0.15, 0.2) is 0 Å². The molecule has 0 aliphatic heterocycles. The summed E-state index contributed by atoms with van der Waals surface area (Å²) >= 11 is 0. The van der Waals surface area contributed by atoms with Gasteiger partial charge in [-0.2, -0.15) is 5.10 Å². The zero-order chi connectivity index (χ0) is 15.6. The second-order valence-corrected chi connectivity index (χ2v) is 5.86. The first-order valence-electron chi connectivity index (χ1n) is 6.66. The Hall–Kier alpha value is -2.50. The van der Waals surface area contributed by atoms with Gasteiger partial charge in [-0.3, -0.25) is 10.4 Å². The van der Waals surface area contributed by atoms with Crippen molar-refractivity contribution in [2.45, 2.75) is 33.3 Å². The maximum atomic E-state index is 11.8. The van der Waals surface area contributed by atoms with Crippen LogP contribution in [0.1, 0.15) is 26.3 Å². The molecule has 0 aliphatic carbocycles. The Kier molecular flexibility index (Phi) is 3.88. The van der Waals surface area contributed by atoms with E-state index in [1.165, 1.54) is 0 Å². The Bertz CT molecular complexity index is 656. The van der Waals surface area contributed by atoms with Crippen LogP contribution in [0.15, 0.2) is 24.4 Å².